The smallest absolute Gasteiger partial charge is 0.225 e. The lowest BCUT2D eigenvalue weighted by Gasteiger charge is -2.12. The fraction of sp³-hybridized carbons (Fsp3) is 0.500. The second-order valence-corrected chi connectivity index (χ2v) is 5.06. The average Bonchev–Trinajstić information content (AvgIpc) is 2.41. The number of aliphatic hydroxyl groups is 1. The van der Waals surface area contributed by atoms with E-state index < -0.39 is 0 Å². The Balaban J connectivity index is 2.34. The van der Waals surface area contributed by atoms with Gasteiger partial charge in [0.15, 0.2) is 0 Å². The lowest BCUT2D eigenvalue weighted by atomic mass is 10.1. The Morgan fingerprint density at radius 2 is 2.06 bits per heavy atom. The third kappa shape index (κ3) is 4.70. The zero-order valence-corrected chi connectivity index (χ0v) is 11.8. The fourth-order valence-electron chi connectivity index (χ4n) is 1.66. The first kappa shape index (κ1) is 15.1. The van der Waals surface area contributed by atoms with E-state index in [0.717, 1.165) is 6.42 Å². The van der Waals surface area contributed by atoms with Gasteiger partial charge in [-0.3, -0.25) is 4.79 Å². The summed E-state index contributed by atoms with van der Waals surface area (Å²) in [5.74, 6) is -0.329. The zero-order chi connectivity index (χ0) is 13.4. The van der Waals surface area contributed by atoms with Crippen molar-refractivity contribution < 1.29 is 9.90 Å². The van der Waals surface area contributed by atoms with Crippen LogP contribution in [-0.4, -0.2) is 30.4 Å². The molecule has 0 radical (unpaired) electrons. The van der Waals surface area contributed by atoms with E-state index in [2.05, 4.69) is 35.8 Å². The SMILES string of the molecule is CCC(CO)C(=O)NCCc1ccc(SC)cc1. The van der Waals surface area contributed by atoms with Crippen molar-refractivity contribution in [1.82, 2.24) is 5.32 Å². The van der Waals surface area contributed by atoms with Crippen molar-refractivity contribution in [2.75, 3.05) is 19.4 Å². The van der Waals surface area contributed by atoms with Crippen LogP contribution in [0, 0.1) is 5.92 Å². The predicted molar refractivity (Wildman–Crippen MR) is 75.8 cm³/mol. The predicted octanol–water partition coefficient (Wildman–Crippen LogP) is 2.09. The lowest BCUT2D eigenvalue weighted by Crippen LogP contribution is -2.33. The number of carbonyl (C=O) groups excluding carboxylic acids is 1. The molecule has 0 spiro atoms. The van der Waals surface area contributed by atoms with Crippen LogP contribution in [0.4, 0.5) is 0 Å². The molecule has 0 fully saturated rings. The summed E-state index contributed by atoms with van der Waals surface area (Å²) in [5, 5.41) is 11.9. The maximum atomic E-state index is 11.6. The fourth-order valence-corrected chi connectivity index (χ4v) is 2.07. The monoisotopic (exact) mass is 267 g/mol. The number of rotatable bonds is 7. The number of hydrogen-bond acceptors (Lipinski definition) is 3. The largest absolute Gasteiger partial charge is 0.396 e. The molecule has 0 heterocycles. The third-order valence-corrected chi connectivity index (χ3v) is 3.70. The molecule has 1 amide bonds. The van der Waals surface area contributed by atoms with Gasteiger partial charge in [0, 0.05) is 11.4 Å². The summed E-state index contributed by atoms with van der Waals surface area (Å²) in [6, 6.07) is 8.34. The summed E-state index contributed by atoms with van der Waals surface area (Å²) in [6.07, 6.45) is 3.54. The highest BCUT2D eigenvalue weighted by atomic mass is 32.2. The quantitative estimate of drug-likeness (QED) is 0.744. The molecule has 1 rings (SSSR count). The number of thioether (sulfide) groups is 1. The van der Waals surface area contributed by atoms with Gasteiger partial charge in [0.25, 0.3) is 0 Å². The summed E-state index contributed by atoms with van der Waals surface area (Å²) < 4.78 is 0. The van der Waals surface area contributed by atoms with Crippen molar-refractivity contribution in [3.8, 4) is 0 Å². The van der Waals surface area contributed by atoms with Crippen molar-refractivity contribution in [2.45, 2.75) is 24.7 Å². The van der Waals surface area contributed by atoms with Gasteiger partial charge in [-0.05, 0) is 36.8 Å². The van der Waals surface area contributed by atoms with Gasteiger partial charge >= 0.3 is 0 Å². The van der Waals surface area contributed by atoms with E-state index in [1.165, 1.54) is 10.5 Å². The highest BCUT2D eigenvalue weighted by Gasteiger charge is 2.13. The number of nitrogens with one attached hydrogen (secondary N) is 1. The van der Waals surface area contributed by atoms with Gasteiger partial charge in [-0.1, -0.05) is 19.1 Å². The highest BCUT2D eigenvalue weighted by molar-refractivity contribution is 7.98. The van der Waals surface area contributed by atoms with Gasteiger partial charge in [0.05, 0.1) is 12.5 Å². The average molecular weight is 267 g/mol. The molecule has 0 saturated heterocycles. The number of carbonyl (C=O) groups is 1. The molecule has 0 aliphatic rings. The standard InChI is InChI=1S/C14H21NO2S/c1-3-12(10-16)14(17)15-9-8-11-4-6-13(18-2)7-5-11/h4-7,12,16H,3,8-10H2,1-2H3,(H,15,17). The van der Waals surface area contributed by atoms with Crippen molar-refractivity contribution in [3.63, 3.8) is 0 Å². The number of aliphatic hydroxyl groups excluding tert-OH is 1. The Morgan fingerprint density at radius 1 is 1.39 bits per heavy atom. The molecule has 0 bridgehead atoms. The molecule has 1 unspecified atom stereocenters. The molecular weight excluding hydrogens is 246 g/mol. The maximum Gasteiger partial charge on any atom is 0.225 e. The maximum absolute atomic E-state index is 11.6. The molecule has 0 aliphatic heterocycles. The molecule has 0 aromatic heterocycles. The van der Waals surface area contributed by atoms with Crippen LogP contribution >= 0.6 is 11.8 Å². The summed E-state index contributed by atoms with van der Waals surface area (Å²) >= 11 is 1.72. The van der Waals surface area contributed by atoms with Crippen molar-refractivity contribution in [1.29, 1.82) is 0 Å². The van der Waals surface area contributed by atoms with E-state index in [9.17, 15) is 4.79 Å². The van der Waals surface area contributed by atoms with Crippen LogP contribution in [0.15, 0.2) is 29.2 Å². The Morgan fingerprint density at radius 3 is 2.56 bits per heavy atom. The minimum absolute atomic E-state index is 0.0549. The molecule has 100 valence electrons. The Bertz CT molecular complexity index is 361. The van der Waals surface area contributed by atoms with E-state index in [4.69, 9.17) is 5.11 Å². The lowest BCUT2D eigenvalue weighted by molar-refractivity contribution is -0.126. The van der Waals surface area contributed by atoms with Gasteiger partial charge in [-0.2, -0.15) is 0 Å². The first-order valence-electron chi connectivity index (χ1n) is 6.22. The molecule has 0 saturated carbocycles. The normalized spacial score (nSPS) is 12.2. The van der Waals surface area contributed by atoms with Crippen LogP contribution in [0.1, 0.15) is 18.9 Å². The van der Waals surface area contributed by atoms with E-state index in [0.29, 0.717) is 13.0 Å². The number of amides is 1. The summed E-state index contributed by atoms with van der Waals surface area (Å²) in [7, 11) is 0. The topological polar surface area (TPSA) is 49.3 Å². The molecule has 1 aromatic carbocycles. The first-order chi connectivity index (χ1) is 8.71. The summed E-state index contributed by atoms with van der Waals surface area (Å²) in [6.45, 7) is 2.44. The van der Waals surface area contributed by atoms with Crippen LogP contribution in [0.25, 0.3) is 0 Å². The van der Waals surface area contributed by atoms with Gasteiger partial charge in [-0.25, -0.2) is 0 Å². The summed E-state index contributed by atoms with van der Waals surface area (Å²) in [5.41, 5.74) is 1.21. The Hall–Kier alpha value is -1.00. The molecule has 1 aromatic rings. The van der Waals surface area contributed by atoms with E-state index in [-0.39, 0.29) is 18.4 Å². The van der Waals surface area contributed by atoms with Crippen LogP contribution in [0.2, 0.25) is 0 Å². The molecule has 3 nitrogen and oxygen atoms in total. The van der Waals surface area contributed by atoms with Gasteiger partial charge < -0.3 is 10.4 Å². The second-order valence-electron chi connectivity index (χ2n) is 4.18. The minimum Gasteiger partial charge on any atom is -0.396 e. The van der Waals surface area contributed by atoms with Crippen molar-refractivity contribution in [2.24, 2.45) is 5.92 Å². The van der Waals surface area contributed by atoms with Crippen molar-refractivity contribution in [3.05, 3.63) is 29.8 Å². The van der Waals surface area contributed by atoms with E-state index in [1.54, 1.807) is 11.8 Å². The molecule has 1 atom stereocenters. The van der Waals surface area contributed by atoms with Gasteiger partial charge in [0.1, 0.15) is 0 Å². The summed E-state index contributed by atoms with van der Waals surface area (Å²) in [4.78, 5) is 12.9. The Labute approximate surface area is 113 Å². The van der Waals surface area contributed by atoms with Crippen molar-refractivity contribution >= 4 is 17.7 Å². The second kappa shape index (κ2) is 8.16. The Kier molecular flexibility index (Phi) is 6.83. The number of benzene rings is 1. The zero-order valence-electron chi connectivity index (χ0n) is 11.0. The van der Waals surface area contributed by atoms with Gasteiger partial charge in [-0.15, -0.1) is 11.8 Å². The first-order valence-corrected chi connectivity index (χ1v) is 7.45. The molecule has 0 aliphatic carbocycles. The van der Waals surface area contributed by atoms with Crippen LogP contribution in [-0.2, 0) is 11.2 Å². The molecular formula is C14H21NO2S. The van der Waals surface area contributed by atoms with Crippen LogP contribution < -0.4 is 5.32 Å². The highest BCUT2D eigenvalue weighted by Crippen LogP contribution is 2.14. The van der Waals surface area contributed by atoms with Crippen LogP contribution in [0.5, 0.6) is 0 Å². The third-order valence-electron chi connectivity index (χ3n) is 2.96. The molecule has 2 N–H and O–H groups in total. The number of hydrogen-bond donors (Lipinski definition) is 2. The van der Waals surface area contributed by atoms with Gasteiger partial charge in [0.2, 0.25) is 5.91 Å². The van der Waals surface area contributed by atoms with E-state index >= 15 is 0 Å². The van der Waals surface area contributed by atoms with Crippen LogP contribution in [0.3, 0.4) is 0 Å². The van der Waals surface area contributed by atoms with E-state index in [1.807, 2.05) is 6.92 Å². The molecule has 4 heteroatoms. The minimum atomic E-state index is -0.274. The molecule has 18 heavy (non-hydrogen) atoms.